The second kappa shape index (κ2) is 6.31. The molecule has 0 aliphatic heterocycles. The lowest BCUT2D eigenvalue weighted by Crippen LogP contribution is -2.03. The molecule has 0 aliphatic rings. The summed E-state index contributed by atoms with van der Waals surface area (Å²) in [4.78, 5) is 4.67. The lowest BCUT2D eigenvalue weighted by molar-refractivity contribution is 0.795. The molecule has 0 unspecified atom stereocenters. The Morgan fingerprint density at radius 1 is 1.00 bits per heavy atom. The molecule has 1 nitrogen and oxygen atoms in total. The molecule has 0 amide bonds. The second-order valence-electron chi connectivity index (χ2n) is 6.56. The average Bonchev–Trinajstić information content (AvgIpc) is 2.43. The van der Waals surface area contributed by atoms with Crippen molar-refractivity contribution in [1.82, 2.24) is 4.98 Å². The van der Waals surface area contributed by atoms with E-state index in [1.165, 1.54) is 16.5 Å². The first kappa shape index (κ1) is 15.6. The quantitative estimate of drug-likeness (QED) is 0.662. The summed E-state index contributed by atoms with van der Waals surface area (Å²) in [6.45, 7) is 13.2. The summed E-state index contributed by atoms with van der Waals surface area (Å²) in [7, 11) is 0. The summed E-state index contributed by atoms with van der Waals surface area (Å²) in [5.41, 5.74) is 4.98. The molecule has 1 heterocycles. The molecular weight excluding hydrogens is 254 g/mol. The van der Waals surface area contributed by atoms with Crippen LogP contribution in [0.1, 0.15) is 70.1 Å². The predicted octanol–water partition coefficient (Wildman–Crippen LogP) is 5.49. The standard InChI is InChI=1S/C20H25N/c1-13(2)9-10-16-12-18(14(3)4)19(15(5)6)20-17(16)8-7-11-21-20/h7-8,11-15H,1-6H3. The third kappa shape index (κ3) is 3.27. The molecule has 2 aromatic rings. The van der Waals surface area contributed by atoms with Crippen molar-refractivity contribution < 1.29 is 0 Å². The lowest BCUT2D eigenvalue weighted by Gasteiger charge is -2.19. The van der Waals surface area contributed by atoms with E-state index >= 15 is 0 Å². The number of fused-ring (bicyclic) bond motifs is 1. The Morgan fingerprint density at radius 2 is 1.71 bits per heavy atom. The van der Waals surface area contributed by atoms with Crippen LogP contribution in [0.4, 0.5) is 0 Å². The molecule has 1 aromatic heterocycles. The fraction of sp³-hybridized carbons (Fsp3) is 0.450. The van der Waals surface area contributed by atoms with Crippen molar-refractivity contribution in [2.45, 2.75) is 53.4 Å². The molecule has 0 atom stereocenters. The highest BCUT2D eigenvalue weighted by atomic mass is 14.7. The Bertz CT molecular complexity index is 697. The van der Waals surface area contributed by atoms with Gasteiger partial charge in [0, 0.05) is 23.1 Å². The summed E-state index contributed by atoms with van der Waals surface area (Å²) >= 11 is 0. The van der Waals surface area contributed by atoms with Gasteiger partial charge in [-0.1, -0.05) is 59.4 Å². The fourth-order valence-electron chi connectivity index (χ4n) is 2.69. The molecular formula is C20H25N. The van der Waals surface area contributed by atoms with Gasteiger partial charge in [0.25, 0.3) is 0 Å². The molecule has 2 rings (SSSR count). The number of rotatable bonds is 2. The van der Waals surface area contributed by atoms with Crippen LogP contribution in [0, 0.1) is 17.8 Å². The van der Waals surface area contributed by atoms with Crippen LogP contribution in [0.3, 0.4) is 0 Å². The maximum Gasteiger partial charge on any atom is 0.0751 e. The first-order chi connectivity index (χ1) is 9.91. The SMILES string of the molecule is CC(C)C#Cc1cc(C(C)C)c(C(C)C)c2ncccc12. The topological polar surface area (TPSA) is 12.9 Å². The van der Waals surface area contributed by atoms with Crippen LogP contribution >= 0.6 is 0 Å². The minimum absolute atomic E-state index is 0.379. The lowest BCUT2D eigenvalue weighted by atomic mass is 9.86. The summed E-state index contributed by atoms with van der Waals surface area (Å²) in [5, 5.41) is 1.18. The fourth-order valence-corrected chi connectivity index (χ4v) is 2.69. The van der Waals surface area contributed by atoms with Crippen molar-refractivity contribution in [2.24, 2.45) is 5.92 Å². The minimum Gasteiger partial charge on any atom is -0.256 e. The van der Waals surface area contributed by atoms with Crippen LogP contribution in [0.5, 0.6) is 0 Å². The molecule has 0 bridgehead atoms. The number of hydrogen-bond acceptors (Lipinski definition) is 1. The first-order valence-corrected chi connectivity index (χ1v) is 7.84. The molecule has 1 heteroatoms. The molecule has 21 heavy (non-hydrogen) atoms. The van der Waals surface area contributed by atoms with Crippen molar-refractivity contribution in [3.8, 4) is 11.8 Å². The van der Waals surface area contributed by atoms with Crippen LogP contribution < -0.4 is 0 Å². The number of nitrogens with zero attached hydrogens (tertiary/aromatic N) is 1. The van der Waals surface area contributed by atoms with Gasteiger partial charge in [-0.15, -0.1) is 0 Å². The van der Waals surface area contributed by atoms with Crippen LogP contribution in [0.15, 0.2) is 24.4 Å². The summed E-state index contributed by atoms with van der Waals surface area (Å²) in [5.74, 6) is 7.97. The van der Waals surface area contributed by atoms with Gasteiger partial charge < -0.3 is 0 Å². The van der Waals surface area contributed by atoms with Crippen LogP contribution in [0.2, 0.25) is 0 Å². The van der Waals surface area contributed by atoms with Gasteiger partial charge in [-0.3, -0.25) is 4.98 Å². The maximum atomic E-state index is 4.67. The summed E-state index contributed by atoms with van der Waals surface area (Å²) in [6.07, 6.45) is 1.89. The molecule has 0 spiro atoms. The number of benzene rings is 1. The maximum absolute atomic E-state index is 4.67. The van der Waals surface area contributed by atoms with Gasteiger partial charge >= 0.3 is 0 Å². The van der Waals surface area contributed by atoms with Crippen molar-refractivity contribution in [2.75, 3.05) is 0 Å². The molecule has 0 saturated heterocycles. The second-order valence-corrected chi connectivity index (χ2v) is 6.56. The molecule has 0 fully saturated rings. The molecule has 0 saturated carbocycles. The van der Waals surface area contributed by atoms with Gasteiger partial charge in [-0.2, -0.15) is 0 Å². The molecule has 1 aromatic carbocycles. The third-order valence-electron chi connectivity index (χ3n) is 3.66. The van der Waals surface area contributed by atoms with Gasteiger partial charge in [-0.05, 0) is 35.1 Å². The van der Waals surface area contributed by atoms with E-state index in [1.807, 2.05) is 12.3 Å². The smallest absolute Gasteiger partial charge is 0.0751 e. The Labute approximate surface area is 128 Å². The third-order valence-corrected chi connectivity index (χ3v) is 3.66. The monoisotopic (exact) mass is 279 g/mol. The van der Waals surface area contributed by atoms with Gasteiger partial charge in [-0.25, -0.2) is 0 Å². The van der Waals surface area contributed by atoms with Gasteiger partial charge in [0.15, 0.2) is 0 Å². The van der Waals surface area contributed by atoms with Crippen LogP contribution in [-0.2, 0) is 0 Å². The van der Waals surface area contributed by atoms with E-state index in [2.05, 4.69) is 70.5 Å². The highest BCUT2D eigenvalue weighted by Gasteiger charge is 2.16. The normalized spacial score (nSPS) is 11.3. The summed E-state index contributed by atoms with van der Waals surface area (Å²) < 4.78 is 0. The van der Waals surface area contributed by atoms with Crippen molar-refractivity contribution in [3.63, 3.8) is 0 Å². The Balaban J connectivity index is 2.83. The number of hydrogen-bond donors (Lipinski definition) is 0. The van der Waals surface area contributed by atoms with E-state index in [0.717, 1.165) is 11.1 Å². The molecule has 110 valence electrons. The highest BCUT2D eigenvalue weighted by Crippen LogP contribution is 2.33. The number of pyridine rings is 1. The zero-order valence-electron chi connectivity index (χ0n) is 14.0. The first-order valence-electron chi connectivity index (χ1n) is 7.84. The Morgan fingerprint density at radius 3 is 2.29 bits per heavy atom. The van der Waals surface area contributed by atoms with E-state index in [1.54, 1.807) is 0 Å². The van der Waals surface area contributed by atoms with Gasteiger partial charge in [0.05, 0.1) is 5.52 Å². The van der Waals surface area contributed by atoms with Crippen molar-refractivity contribution >= 4 is 10.9 Å². The van der Waals surface area contributed by atoms with E-state index in [4.69, 9.17) is 0 Å². The average molecular weight is 279 g/mol. The van der Waals surface area contributed by atoms with Gasteiger partial charge in [0.2, 0.25) is 0 Å². The summed E-state index contributed by atoms with van der Waals surface area (Å²) in [6, 6.07) is 6.42. The molecule has 0 N–H and O–H groups in total. The van der Waals surface area contributed by atoms with Crippen molar-refractivity contribution in [3.05, 3.63) is 41.1 Å². The highest BCUT2D eigenvalue weighted by molar-refractivity contribution is 5.89. The largest absolute Gasteiger partial charge is 0.256 e. The van der Waals surface area contributed by atoms with Gasteiger partial charge in [0.1, 0.15) is 0 Å². The van der Waals surface area contributed by atoms with E-state index in [0.29, 0.717) is 17.8 Å². The Kier molecular flexibility index (Phi) is 4.68. The van der Waals surface area contributed by atoms with Crippen LogP contribution in [0.25, 0.3) is 10.9 Å². The minimum atomic E-state index is 0.379. The molecule has 0 radical (unpaired) electrons. The van der Waals surface area contributed by atoms with E-state index in [-0.39, 0.29) is 0 Å². The van der Waals surface area contributed by atoms with Crippen molar-refractivity contribution in [1.29, 1.82) is 0 Å². The van der Waals surface area contributed by atoms with E-state index in [9.17, 15) is 0 Å². The zero-order chi connectivity index (χ0) is 15.6. The molecule has 0 aliphatic carbocycles. The van der Waals surface area contributed by atoms with E-state index < -0.39 is 0 Å². The zero-order valence-corrected chi connectivity index (χ0v) is 14.0. The number of aromatic nitrogens is 1. The van der Waals surface area contributed by atoms with Crippen LogP contribution in [-0.4, -0.2) is 4.98 Å². The Hall–Kier alpha value is -1.81. The predicted molar refractivity (Wildman–Crippen MR) is 91.6 cm³/mol.